The number of nitrogens with one attached hydrogen (secondary N) is 2. The number of rotatable bonds is 12. The Morgan fingerprint density at radius 3 is 2.23 bits per heavy atom. The molecule has 0 bridgehead atoms. The fourth-order valence-electron chi connectivity index (χ4n) is 4.33. The molecular weight excluding hydrogens is 542 g/mol. The summed E-state index contributed by atoms with van der Waals surface area (Å²) in [6.07, 6.45) is 1.28. The van der Waals surface area contributed by atoms with Gasteiger partial charge in [-0.05, 0) is 44.9 Å². The van der Waals surface area contributed by atoms with Gasteiger partial charge in [0.2, 0.25) is 10.0 Å². The van der Waals surface area contributed by atoms with E-state index in [2.05, 4.69) is 9.97 Å². The van der Waals surface area contributed by atoms with Gasteiger partial charge in [0.15, 0.2) is 5.56 Å². The third kappa shape index (κ3) is 6.50. The van der Waals surface area contributed by atoms with E-state index in [1.54, 1.807) is 6.92 Å². The Morgan fingerprint density at radius 2 is 1.70 bits per heavy atom. The summed E-state index contributed by atoms with van der Waals surface area (Å²) in [7, 11) is -3.79. The van der Waals surface area contributed by atoms with Gasteiger partial charge in [-0.1, -0.05) is 32.0 Å². The molecule has 0 fully saturated rings. The summed E-state index contributed by atoms with van der Waals surface area (Å²) < 4.78 is 61.1. The number of benzene rings is 2. The zero-order valence-electron chi connectivity index (χ0n) is 22.8. The number of aromatic amines is 1. The van der Waals surface area contributed by atoms with Crippen molar-refractivity contribution < 1.29 is 26.7 Å². The minimum absolute atomic E-state index is 0.0235. The zero-order valence-corrected chi connectivity index (χ0v) is 23.6. The van der Waals surface area contributed by atoms with Gasteiger partial charge < -0.3 is 15.1 Å². The summed E-state index contributed by atoms with van der Waals surface area (Å²) in [6.45, 7) is 7.40. The number of hydrogen-bond donors (Lipinski definition) is 2. The first-order chi connectivity index (χ1) is 19.0. The van der Waals surface area contributed by atoms with Gasteiger partial charge >= 0.3 is 5.97 Å². The highest BCUT2D eigenvalue weighted by molar-refractivity contribution is 7.89. The first-order valence-corrected chi connectivity index (χ1v) is 14.3. The summed E-state index contributed by atoms with van der Waals surface area (Å²) >= 11 is 0. The van der Waals surface area contributed by atoms with E-state index in [1.807, 2.05) is 13.8 Å². The van der Waals surface area contributed by atoms with Crippen molar-refractivity contribution in [3.8, 4) is 11.3 Å². The largest absolute Gasteiger partial charge is 0.462 e. The first kappa shape index (κ1) is 30.8. The summed E-state index contributed by atoms with van der Waals surface area (Å²) in [5, 5.41) is 8.25. The molecule has 214 valence electrons. The van der Waals surface area contributed by atoms with Crippen molar-refractivity contribution in [2.75, 3.05) is 19.7 Å². The normalized spacial score (nSPS) is 12.4. The van der Waals surface area contributed by atoms with Gasteiger partial charge in [0, 0.05) is 36.0 Å². The van der Waals surface area contributed by atoms with Gasteiger partial charge in [-0.15, -0.1) is 0 Å². The topological polar surface area (TPSA) is 133 Å². The Bertz CT molecular complexity index is 1550. The second-order valence-corrected chi connectivity index (χ2v) is 11.0. The molecule has 0 radical (unpaired) electrons. The molecule has 0 aliphatic rings. The SMILES string of the molecule is CCCN(CCC)S(=O)(=O)c1ccc(-c2nc(C(C(C)=N)c3ccc(F)cc3F)[nH]c(=O)c2C(=O)OCC)cc1. The molecule has 12 heteroatoms. The number of carbonyl (C=O) groups excluding carboxylic acids is 1. The summed E-state index contributed by atoms with van der Waals surface area (Å²) in [5.74, 6) is -4.05. The number of esters is 1. The molecule has 1 unspecified atom stereocenters. The summed E-state index contributed by atoms with van der Waals surface area (Å²) in [5.41, 5.74) is -1.42. The summed E-state index contributed by atoms with van der Waals surface area (Å²) in [4.78, 5) is 32.9. The quantitative estimate of drug-likeness (QED) is 0.234. The third-order valence-electron chi connectivity index (χ3n) is 6.11. The minimum Gasteiger partial charge on any atom is -0.462 e. The van der Waals surface area contributed by atoms with Gasteiger partial charge in [0.05, 0.1) is 23.1 Å². The minimum atomic E-state index is -3.79. The van der Waals surface area contributed by atoms with E-state index in [-0.39, 0.29) is 39.9 Å². The lowest BCUT2D eigenvalue weighted by Gasteiger charge is -2.21. The molecular formula is C28H32F2N4O5S. The van der Waals surface area contributed by atoms with Crippen LogP contribution in [0.3, 0.4) is 0 Å². The zero-order chi connectivity index (χ0) is 29.6. The van der Waals surface area contributed by atoms with Gasteiger partial charge in [0.1, 0.15) is 17.5 Å². The van der Waals surface area contributed by atoms with Crippen LogP contribution in [-0.2, 0) is 14.8 Å². The highest BCUT2D eigenvalue weighted by Gasteiger charge is 2.29. The Kier molecular flexibility index (Phi) is 10.0. The average Bonchev–Trinajstić information content (AvgIpc) is 2.89. The number of carbonyl (C=O) groups is 1. The van der Waals surface area contributed by atoms with Gasteiger partial charge in [-0.3, -0.25) is 4.79 Å². The maximum atomic E-state index is 14.7. The number of H-pyrrole nitrogens is 1. The molecule has 0 spiro atoms. The van der Waals surface area contributed by atoms with Crippen molar-refractivity contribution >= 4 is 21.7 Å². The molecule has 3 rings (SSSR count). The van der Waals surface area contributed by atoms with E-state index >= 15 is 0 Å². The lowest BCUT2D eigenvalue weighted by Crippen LogP contribution is -2.32. The van der Waals surface area contributed by atoms with E-state index in [0.29, 0.717) is 32.0 Å². The molecule has 0 aliphatic carbocycles. The van der Waals surface area contributed by atoms with Crippen LogP contribution in [0.15, 0.2) is 52.2 Å². The van der Waals surface area contributed by atoms with Crippen LogP contribution in [0.5, 0.6) is 0 Å². The van der Waals surface area contributed by atoms with Crippen molar-refractivity contribution in [1.82, 2.24) is 14.3 Å². The molecule has 9 nitrogen and oxygen atoms in total. The predicted octanol–water partition coefficient (Wildman–Crippen LogP) is 4.87. The molecule has 2 aromatic carbocycles. The van der Waals surface area contributed by atoms with Crippen LogP contribution in [0, 0.1) is 17.0 Å². The second kappa shape index (κ2) is 13.1. The molecule has 0 amide bonds. The maximum absolute atomic E-state index is 14.7. The molecule has 1 heterocycles. The van der Waals surface area contributed by atoms with Crippen molar-refractivity contribution in [3.05, 3.63) is 81.4 Å². The number of hydrogen-bond acceptors (Lipinski definition) is 7. The van der Waals surface area contributed by atoms with Gasteiger partial charge in [0.25, 0.3) is 5.56 Å². The van der Waals surface area contributed by atoms with Crippen molar-refractivity contribution in [2.45, 2.75) is 51.3 Å². The molecule has 0 saturated carbocycles. The Balaban J connectivity index is 2.21. The van der Waals surface area contributed by atoms with E-state index < -0.39 is 44.7 Å². The molecule has 0 saturated heterocycles. The van der Waals surface area contributed by atoms with Gasteiger partial charge in [-0.25, -0.2) is 27.0 Å². The van der Waals surface area contributed by atoms with E-state index in [9.17, 15) is 26.8 Å². The number of sulfonamides is 1. The Morgan fingerprint density at radius 1 is 1.07 bits per heavy atom. The Hall–Kier alpha value is -3.77. The standard InChI is InChI=1S/C28H32F2N4O5S/c1-5-14-34(15-6-2)40(37,38)20-11-8-18(9-12-20)25-24(28(36)39-7-3)27(35)33-26(32-25)23(17(4)31)21-13-10-19(29)16-22(21)30/h8-13,16,23,31H,5-7,14-15H2,1-4H3,(H,32,33,35). The lowest BCUT2D eigenvalue weighted by molar-refractivity contribution is 0.0524. The van der Waals surface area contributed by atoms with Crippen LogP contribution in [0.1, 0.15) is 68.2 Å². The number of ether oxygens (including phenoxy) is 1. The third-order valence-corrected chi connectivity index (χ3v) is 8.02. The van der Waals surface area contributed by atoms with Crippen LogP contribution in [0.4, 0.5) is 8.78 Å². The molecule has 2 N–H and O–H groups in total. The molecule has 0 aliphatic heterocycles. The molecule has 1 atom stereocenters. The number of halogens is 2. The van der Waals surface area contributed by atoms with Crippen LogP contribution >= 0.6 is 0 Å². The highest BCUT2D eigenvalue weighted by atomic mass is 32.2. The van der Waals surface area contributed by atoms with E-state index in [4.69, 9.17) is 10.1 Å². The first-order valence-electron chi connectivity index (χ1n) is 12.9. The summed E-state index contributed by atoms with van der Waals surface area (Å²) in [6, 6.07) is 8.41. The lowest BCUT2D eigenvalue weighted by atomic mass is 9.93. The highest BCUT2D eigenvalue weighted by Crippen LogP contribution is 2.29. The average molecular weight is 575 g/mol. The van der Waals surface area contributed by atoms with Crippen LogP contribution in [0.2, 0.25) is 0 Å². The second-order valence-electron chi connectivity index (χ2n) is 9.11. The molecule has 40 heavy (non-hydrogen) atoms. The number of aromatic nitrogens is 2. The van der Waals surface area contributed by atoms with Crippen molar-refractivity contribution in [3.63, 3.8) is 0 Å². The van der Waals surface area contributed by atoms with Crippen LogP contribution in [-0.4, -0.2) is 54.1 Å². The molecule has 1 aromatic heterocycles. The number of nitrogens with zero attached hydrogens (tertiary/aromatic N) is 2. The van der Waals surface area contributed by atoms with Crippen LogP contribution < -0.4 is 5.56 Å². The fraction of sp³-hybridized carbons (Fsp3) is 0.357. The fourth-order valence-corrected chi connectivity index (χ4v) is 5.96. The van der Waals surface area contributed by atoms with E-state index in [1.165, 1.54) is 35.5 Å². The van der Waals surface area contributed by atoms with Crippen molar-refractivity contribution in [2.24, 2.45) is 0 Å². The van der Waals surface area contributed by atoms with Crippen LogP contribution in [0.25, 0.3) is 11.3 Å². The predicted molar refractivity (Wildman–Crippen MR) is 147 cm³/mol. The maximum Gasteiger partial charge on any atom is 0.346 e. The van der Waals surface area contributed by atoms with Gasteiger partial charge in [-0.2, -0.15) is 4.31 Å². The molecule has 3 aromatic rings. The smallest absolute Gasteiger partial charge is 0.346 e. The van der Waals surface area contributed by atoms with E-state index in [0.717, 1.165) is 12.1 Å². The monoisotopic (exact) mass is 574 g/mol. The van der Waals surface area contributed by atoms with Crippen molar-refractivity contribution in [1.29, 1.82) is 5.41 Å². The Labute approximate surface area is 231 Å².